The summed E-state index contributed by atoms with van der Waals surface area (Å²) in [5.74, 6) is -1.27. The number of nitrogens with one attached hydrogen (secondary N) is 2. The monoisotopic (exact) mass is 421 g/mol. The third-order valence-corrected chi connectivity index (χ3v) is 5.87. The van der Waals surface area contributed by atoms with Crippen LogP contribution >= 0.6 is 22.9 Å². The first-order chi connectivity index (χ1) is 13.5. The summed E-state index contributed by atoms with van der Waals surface area (Å²) in [6, 6.07) is 11.0. The van der Waals surface area contributed by atoms with Gasteiger partial charge < -0.3 is 15.4 Å². The summed E-state index contributed by atoms with van der Waals surface area (Å²) in [4.78, 5) is 28.1. The predicted octanol–water partition coefficient (Wildman–Crippen LogP) is 2.60. The van der Waals surface area contributed by atoms with Gasteiger partial charge in [0, 0.05) is 35.6 Å². The van der Waals surface area contributed by atoms with E-state index >= 15 is 0 Å². The number of nitrogens with zero attached hydrogens (tertiary/aromatic N) is 1. The highest BCUT2D eigenvalue weighted by molar-refractivity contribution is 7.10. The highest BCUT2D eigenvalue weighted by atomic mass is 35.5. The molecule has 2 N–H and O–H groups in total. The fourth-order valence-corrected chi connectivity index (χ4v) is 4.36. The van der Waals surface area contributed by atoms with E-state index in [1.54, 1.807) is 23.5 Å². The van der Waals surface area contributed by atoms with Crippen molar-refractivity contribution in [2.75, 3.05) is 26.3 Å². The Bertz CT molecular complexity index is 777. The molecule has 0 bridgehead atoms. The molecule has 150 valence electrons. The summed E-state index contributed by atoms with van der Waals surface area (Å²) in [7, 11) is 0. The van der Waals surface area contributed by atoms with Gasteiger partial charge in [0.2, 0.25) is 0 Å². The molecule has 2 heterocycles. The van der Waals surface area contributed by atoms with Crippen LogP contribution in [-0.4, -0.2) is 49.1 Å². The molecule has 2 amide bonds. The summed E-state index contributed by atoms with van der Waals surface area (Å²) in [5, 5.41) is 8.17. The molecule has 1 aliphatic heterocycles. The topological polar surface area (TPSA) is 70.7 Å². The number of morpholine rings is 1. The van der Waals surface area contributed by atoms with Crippen LogP contribution in [0.3, 0.4) is 0 Å². The van der Waals surface area contributed by atoms with Gasteiger partial charge in [-0.3, -0.25) is 14.5 Å². The maximum absolute atomic E-state index is 12.4. The molecule has 3 rings (SSSR count). The van der Waals surface area contributed by atoms with E-state index in [4.69, 9.17) is 16.3 Å². The van der Waals surface area contributed by atoms with Crippen LogP contribution in [0.4, 0.5) is 0 Å². The van der Waals surface area contributed by atoms with Gasteiger partial charge in [0.05, 0.1) is 19.3 Å². The second-order valence-corrected chi connectivity index (χ2v) is 8.10. The molecular formula is C20H24ClN3O3S. The molecule has 1 aliphatic rings. The zero-order valence-electron chi connectivity index (χ0n) is 15.7. The number of thiophene rings is 1. The van der Waals surface area contributed by atoms with E-state index in [0.717, 1.165) is 23.5 Å². The Morgan fingerprint density at radius 2 is 1.89 bits per heavy atom. The SMILES string of the molecule is CC(NC(=O)C(=O)NCc1ccc(Cl)cc1)C(c1cccs1)N1CCOCC1. The van der Waals surface area contributed by atoms with Gasteiger partial charge in [0.25, 0.3) is 0 Å². The van der Waals surface area contributed by atoms with E-state index < -0.39 is 11.8 Å². The molecule has 0 spiro atoms. The Morgan fingerprint density at radius 3 is 2.54 bits per heavy atom. The van der Waals surface area contributed by atoms with Crippen LogP contribution in [0.1, 0.15) is 23.4 Å². The molecule has 0 saturated carbocycles. The molecule has 1 aromatic carbocycles. The number of carbonyl (C=O) groups excluding carboxylic acids is 2. The first kappa shape index (κ1) is 20.8. The normalized spacial score (nSPS) is 16.9. The first-order valence-electron chi connectivity index (χ1n) is 9.23. The minimum Gasteiger partial charge on any atom is -0.379 e. The van der Waals surface area contributed by atoms with Gasteiger partial charge in [-0.15, -0.1) is 11.3 Å². The van der Waals surface area contributed by atoms with Crippen LogP contribution < -0.4 is 10.6 Å². The van der Waals surface area contributed by atoms with Gasteiger partial charge in [-0.1, -0.05) is 29.8 Å². The summed E-state index contributed by atoms with van der Waals surface area (Å²) < 4.78 is 5.45. The summed E-state index contributed by atoms with van der Waals surface area (Å²) >= 11 is 7.51. The number of hydrogen-bond acceptors (Lipinski definition) is 5. The predicted molar refractivity (Wildman–Crippen MR) is 110 cm³/mol. The third kappa shape index (κ3) is 5.54. The van der Waals surface area contributed by atoms with Crippen LogP contribution in [0.5, 0.6) is 0 Å². The quantitative estimate of drug-likeness (QED) is 0.703. The van der Waals surface area contributed by atoms with Gasteiger partial charge in [0.1, 0.15) is 0 Å². The Balaban J connectivity index is 1.58. The van der Waals surface area contributed by atoms with Gasteiger partial charge >= 0.3 is 11.8 Å². The lowest BCUT2D eigenvalue weighted by molar-refractivity contribution is -0.140. The fourth-order valence-electron chi connectivity index (χ4n) is 3.27. The zero-order chi connectivity index (χ0) is 19.9. The molecule has 2 atom stereocenters. The minimum absolute atomic E-state index is 0.0110. The molecule has 1 aromatic heterocycles. The standard InChI is InChI=1S/C20H24ClN3O3S/c1-14(18(17-3-2-12-28-17)24-8-10-27-11-9-24)23-20(26)19(25)22-13-15-4-6-16(21)7-5-15/h2-7,12,14,18H,8-11,13H2,1H3,(H,22,25)(H,23,26). The molecular weight excluding hydrogens is 398 g/mol. The van der Waals surface area contributed by atoms with Crippen LogP contribution in [-0.2, 0) is 20.9 Å². The van der Waals surface area contributed by atoms with Crippen molar-refractivity contribution in [3.63, 3.8) is 0 Å². The highest BCUT2D eigenvalue weighted by Gasteiger charge is 2.30. The number of benzene rings is 1. The number of halogens is 1. The van der Waals surface area contributed by atoms with E-state index in [-0.39, 0.29) is 18.6 Å². The maximum atomic E-state index is 12.4. The summed E-state index contributed by atoms with van der Waals surface area (Å²) in [5.41, 5.74) is 0.878. The van der Waals surface area contributed by atoms with E-state index in [0.29, 0.717) is 18.2 Å². The second kappa shape index (κ2) is 10.0. The van der Waals surface area contributed by atoms with E-state index in [1.165, 1.54) is 0 Å². The second-order valence-electron chi connectivity index (χ2n) is 6.68. The van der Waals surface area contributed by atoms with Crippen molar-refractivity contribution < 1.29 is 14.3 Å². The average Bonchev–Trinajstić information content (AvgIpc) is 3.22. The minimum atomic E-state index is -0.645. The van der Waals surface area contributed by atoms with Gasteiger partial charge in [0.15, 0.2) is 0 Å². The van der Waals surface area contributed by atoms with Crippen LogP contribution in [0.15, 0.2) is 41.8 Å². The van der Waals surface area contributed by atoms with Gasteiger partial charge in [-0.05, 0) is 36.1 Å². The van der Waals surface area contributed by atoms with Crippen molar-refractivity contribution >= 4 is 34.8 Å². The third-order valence-electron chi connectivity index (χ3n) is 4.68. The van der Waals surface area contributed by atoms with Crippen molar-refractivity contribution in [1.29, 1.82) is 0 Å². The number of hydrogen-bond donors (Lipinski definition) is 2. The van der Waals surface area contributed by atoms with E-state index in [9.17, 15) is 9.59 Å². The molecule has 8 heteroatoms. The molecule has 28 heavy (non-hydrogen) atoms. The van der Waals surface area contributed by atoms with Gasteiger partial charge in [-0.25, -0.2) is 0 Å². The van der Waals surface area contributed by atoms with Crippen molar-refractivity contribution in [3.8, 4) is 0 Å². The Labute approximate surface area is 173 Å². The van der Waals surface area contributed by atoms with Crippen molar-refractivity contribution in [1.82, 2.24) is 15.5 Å². The largest absolute Gasteiger partial charge is 0.379 e. The van der Waals surface area contributed by atoms with E-state index in [2.05, 4.69) is 21.6 Å². The number of rotatable bonds is 6. The molecule has 1 fully saturated rings. The maximum Gasteiger partial charge on any atom is 0.309 e. The fraction of sp³-hybridized carbons (Fsp3) is 0.400. The highest BCUT2D eigenvalue weighted by Crippen LogP contribution is 2.29. The van der Waals surface area contributed by atoms with Crippen LogP contribution in [0, 0.1) is 0 Å². The Morgan fingerprint density at radius 1 is 1.18 bits per heavy atom. The number of ether oxygens (including phenoxy) is 1. The summed E-state index contributed by atoms with van der Waals surface area (Å²) in [6.07, 6.45) is 0. The zero-order valence-corrected chi connectivity index (χ0v) is 17.3. The van der Waals surface area contributed by atoms with Crippen molar-refractivity contribution in [3.05, 3.63) is 57.2 Å². The summed E-state index contributed by atoms with van der Waals surface area (Å²) in [6.45, 7) is 5.14. The Hall–Kier alpha value is -1.93. The van der Waals surface area contributed by atoms with E-state index in [1.807, 2.05) is 30.5 Å². The average molecular weight is 422 g/mol. The molecule has 2 unspecified atom stereocenters. The molecule has 6 nitrogen and oxygen atoms in total. The number of carbonyl (C=O) groups is 2. The molecule has 0 radical (unpaired) electrons. The van der Waals surface area contributed by atoms with Gasteiger partial charge in [-0.2, -0.15) is 0 Å². The lowest BCUT2D eigenvalue weighted by atomic mass is 10.1. The lowest BCUT2D eigenvalue weighted by Gasteiger charge is -2.37. The smallest absolute Gasteiger partial charge is 0.309 e. The van der Waals surface area contributed by atoms with Crippen molar-refractivity contribution in [2.24, 2.45) is 0 Å². The number of amides is 2. The van der Waals surface area contributed by atoms with Crippen LogP contribution in [0.25, 0.3) is 0 Å². The van der Waals surface area contributed by atoms with Crippen LogP contribution in [0.2, 0.25) is 5.02 Å². The Kier molecular flexibility index (Phi) is 7.44. The van der Waals surface area contributed by atoms with Crippen molar-refractivity contribution in [2.45, 2.75) is 25.6 Å². The lowest BCUT2D eigenvalue weighted by Crippen LogP contribution is -2.51. The molecule has 1 saturated heterocycles. The molecule has 0 aliphatic carbocycles. The first-order valence-corrected chi connectivity index (χ1v) is 10.5. The molecule has 2 aromatic rings.